The molecule has 0 bridgehead atoms. The molecule has 1 aliphatic heterocycles. The third-order valence-corrected chi connectivity index (χ3v) is 3.17. The molecule has 1 aromatic rings. The summed E-state index contributed by atoms with van der Waals surface area (Å²) in [6.07, 6.45) is -0.479. The number of hydrogen-bond acceptors (Lipinski definition) is 2. The van der Waals surface area contributed by atoms with Gasteiger partial charge in [0.25, 0.3) is 6.43 Å². The predicted molar refractivity (Wildman–Crippen MR) is 64.2 cm³/mol. The van der Waals surface area contributed by atoms with Gasteiger partial charge in [-0.2, -0.15) is 0 Å². The lowest BCUT2D eigenvalue weighted by atomic mass is 9.94. The molecule has 2 N–H and O–H groups in total. The highest BCUT2D eigenvalue weighted by Gasteiger charge is 2.22. The van der Waals surface area contributed by atoms with Crippen molar-refractivity contribution in [2.75, 3.05) is 13.1 Å². The molecule has 4 heteroatoms. The molecule has 2 unspecified atom stereocenters. The molecule has 2 nitrogen and oxygen atoms in total. The van der Waals surface area contributed by atoms with E-state index in [1.54, 1.807) is 0 Å². The zero-order valence-corrected chi connectivity index (χ0v) is 9.70. The third kappa shape index (κ3) is 3.75. The van der Waals surface area contributed by atoms with Crippen LogP contribution in [0.25, 0.3) is 0 Å². The standard InChI is InChI=1S/C13H18F2N2/c14-13(15)9-17-11-6-7-16-12(8-11)10-4-2-1-3-5-10/h1-5,11-13,16-17H,6-9H2. The van der Waals surface area contributed by atoms with Crippen molar-refractivity contribution in [3.05, 3.63) is 35.9 Å². The van der Waals surface area contributed by atoms with Gasteiger partial charge in [-0.25, -0.2) is 8.78 Å². The first-order valence-corrected chi connectivity index (χ1v) is 6.05. The maximum absolute atomic E-state index is 12.1. The summed E-state index contributed by atoms with van der Waals surface area (Å²) in [5.41, 5.74) is 1.23. The zero-order valence-electron chi connectivity index (χ0n) is 9.70. The molecule has 0 amide bonds. The maximum atomic E-state index is 12.1. The molecule has 1 saturated heterocycles. The van der Waals surface area contributed by atoms with Crippen molar-refractivity contribution in [2.24, 2.45) is 0 Å². The lowest BCUT2D eigenvalue weighted by Gasteiger charge is -2.31. The van der Waals surface area contributed by atoms with Crippen molar-refractivity contribution in [3.8, 4) is 0 Å². The summed E-state index contributed by atoms with van der Waals surface area (Å²) in [7, 11) is 0. The minimum Gasteiger partial charge on any atom is -0.310 e. The van der Waals surface area contributed by atoms with Gasteiger partial charge in [0.1, 0.15) is 0 Å². The van der Waals surface area contributed by atoms with Gasteiger partial charge in [0.2, 0.25) is 0 Å². The van der Waals surface area contributed by atoms with Crippen molar-refractivity contribution in [2.45, 2.75) is 31.4 Å². The van der Waals surface area contributed by atoms with Crippen molar-refractivity contribution in [1.29, 1.82) is 0 Å². The van der Waals surface area contributed by atoms with Gasteiger partial charge in [-0.3, -0.25) is 0 Å². The molecular formula is C13H18F2N2. The van der Waals surface area contributed by atoms with E-state index in [2.05, 4.69) is 22.8 Å². The molecule has 0 radical (unpaired) electrons. The van der Waals surface area contributed by atoms with Crippen LogP contribution in [0.2, 0.25) is 0 Å². The molecule has 0 aromatic heterocycles. The molecule has 0 aliphatic carbocycles. The summed E-state index contributed by atoms with van der Waals surface area (Å²) in [4.78, 5) is 0. The second kappa shape index (κ2) is 6.07. The Balaban J connectivity index is 1.89. The van der Waals surface area contributed by atoms with Crippen molar-refractivity contribution in [3.63, 3.8) is 0 Å². The van der Waals surface area contributed by atoms with E-state index >= 15 is 0 Å². The first-order chi connectivity index (χ1) is 8.25. The number of nitrogens with one attached hydrogen (secondary N) is 2. The normalized spacial score (nSPS) is 25.1. The van der Waals surface area contributed by atoms with Crippen molar-refractivity contribution < 1.29 is 8.78 Å². The first kappa shape index (κ1) is 12.5. The lowest BCUT2D eigenvalue weighted by Crippen LogP contribution is -2.43. The summed E-state index contributed by atoms with van der Waals surface area (Å²) in [6.45, 7) is 0.673. The van der Waals surface area contributed by atoms with Crippen LogP contribution >= 0.6 is 0 Å². The second-order valence-corrected chi connectivity index (χ2v) is 4.44. The largest absolute Gasteiger partial charge is 0.310 e. The first-order valence-electron chi connectivity index (χ1n) is 6.05. The molecule has 1 aliphatic rings. The van der Waals surface area contributed by atoms with Crippen LogP contribution in [0.3, 0.4) is 0 Å². The molecule has 17 heavy (non-hydrogen) atoms. The summed E-state index contributed by atoms with van der Waals surface area (Å²) in [5.74, 6) is 0. The average Bonchev–Trinajstić information content (AvgIpc) is 2.38. The Morgan fingerprint density at radius 1 is 1.29 bits per heavy atom. The van der Waals surface area contributed by atoms with Crippen LogP contribution in [0, 0.1) is 0 Å². The maximum Gasteiger partial charge on any atom is 0.250 e. The number of halogens is 2. The number of benzene rings is 1. The predicted octanol–water partition coefficient (Wildman–Crippen LogP) is 2.33. The average molecular weight is 240 g/mol. The summed E-state index contributed by atoms with van der Waals surface area (Å²) in [6, 6.07) is 10.6. The summed E-state index contributed by atoms with van der Waals surface area (Å²) < 4.78 is 24.3. The van der Waals surface area contributed by atoms with Crippen molar-refractivity contribution in [1.82, 2.24) is 10.6 Å². The molecule has 2 rings (SSSR count). The van der Waals surface area contributed by atoms with E-state index in [-0.39, 0.29) is 18.6 Å². The molecule has 0 saturated carbocycles. The van der Waals surface area contributed by atoms with Crippen LogP contribution in [0.5, 0.6) is 0 Å². The van der Waals surface area contributed by atoms with Gasteiger partial charge < -0.3 is 10.6 Å². The highest BCUT2D eigenvalue weighted by Crippen LogP contribution is 2.22. The van der Waals surface area contributed by atoms with E-state index in [9.17, 15) is 8.78 Å². The van der Waals surface area contributed by atoms with Gasteiger partial charge in [-0.1, -0.05) is 30.3 Å². The molecule has 2 atom stereocenters. The van der Waals surface area contributed by atoms with E-state index in [1.165, 1.54) is 5.56 Å². The minimum atomic E-state index is -2.26. The summed E-state index contributed by atoms with van der Waals surface area (Å²) in [5, 5.41) is 6.36. The van der Waals surface area contributed by atoms with E-state index < -0.39 is 6.43 Å². The summed E-state index contributed by atoms with van der Waals surface area (Å²) >= 11 is 0. The molecular weight excluding hydrogens is 222 g/mol. The molecule has 94 valence electrons. The smallest absolute Gasteiger partial charge is 0.250 e. The van der Waals surface area contributed by atoms with E-state index in [0.29, 0.717) is 0 Å². The monoisotopic (exact) mass is 240 g/mol. The van der Waals surface area contributed by atoms with E-state index in [1.807, 2.05) is 18.2 Å². The van der Waals surface area contributed by atoms with Gasteiger partial charge >= 0.3 is 0 Å². The van der Waals surface area contributed by atoms with Crippen LogP contribution in [0.4, 0.5) is 8.78 Å². The SMILES string of the molecule is FC(F)CNC1CCNC(c2ccccc2)C1. The van der Waals surface area contributed by atoms with Crippen LogP contribution < -0.4 is 10.6 Å². The van der Waals surface area contributed by atoms with Gasteiger partial charge in [-0.05, 0) is 24.9 Å². The molecule has 0 spiro atoms. The second-order valence-electron chi connectivity index (χ2n) is 4.44. The lowest BCUT2D eigenvalue weighted by molar-refractivity contribution is 0.136. The number of rotatable bonds is 4. The Hall–Kier alpha value is -1.00. The van der Waals surface area contributed by atoms with Crippen LogP contribution in [0.15, 0.2) is 30.3 Å². The number of alkyl halides is 2. The Morgan fingerprint density at radius 3 is 2.76 bits per heavy atom. The topological polar surface area (TPSA) is 24.1 Å². The highest BCUT2D eigenvalue weighted by molar-refractivity contribution is 5.19. The quantitative estimate of drug-likeness (QED) is 0.844. The third-order valence-electron chi connectivity index (χ3n) is 3.17. The highest BCUT2D eigenvalue weighted by atomic mass is 19.3. The van der Waals surface area contributed by atoms with Gasteiger partial charge in [0.05, 0.1) is 6.54 Å². The molecule has 1 heterocycles. The Labute approximate surface area is 100 Å². The van der Waals surface area contributed by atoms with E-state index in [0.717, 1.165) is 19.4 Å². The Bertz CT molecular complexity index is 329. The van der Waals surface area contributed by atoms with Gasteiger partial charge in [0, 0.05) is 12.1 Å². The van der Waals surface area contributed by atoms with Crippen molar-refractivity contribution >= 4 is 0 Å². The van der Waals surface area contributed by atoms with Gasteiger partial charge in [-0.15, -0.1) is 0 Å². The van der Waals surface area contributed by atoms with Crippen LogP contribution in [0.1, 0.15) is 24.4 Å². The fourth-order valence-electron chi connectivity index (χ4n) is 2.30. The Morgan fingerprint density at radius 2 is 2.06 bits per heavy atom. The molecule has 1 fully saturated rings. The Kier molecular flexibility index (Phi) is 4.45. The zero-order chi connectivity index (χ0) is 12.1. The van der Waals surface area contributed by atoms with Crippen LogP contribution in [-0.2, 0) is 0 Å². The number of hydrogen-bond donors (Lipinski definition) is 2. The fraction of sp³-hybridized carbons (Fsp3) is 0.538. The van der Waals surface area contributed by atoms with Gasteiger partial charge in [0.15, 0.2) is 0 Å². The van der Waals surface area contributed by atoms with E-state index in [4.69, 9.17) is 0 Å². The number of piperidine rings is 1. The molecule has 1 aromatic carbocycles. The minimum absolute atomic E-state index is 0.190. The fourth-order valence-corrected chi connectivity index (χ4v) is 2.30. The van der Waals surface area contributed by atoms with Crippen LogP contribution in [-0.4, -0.2) is 25.6 Å².